The highest BCUT2D eigenvalue weighted by molar-refractivity contribution is 6.33. The molecule has 0 heterocycles. The minimum absolute atomic E-state index is 0.281. The molecule has 48 valence electrons. The van der Waals surface area contributed by atoms with Gasteiger partial charge in [-0.05, 0) is 0 Å². The van der Waals surface area contributed by atoms with Gasteiger partial charge in [0.15, 0.2) is 0 Å². The highest BCUT2D eigenvalue weighted by Gasteiger charge is 2.25. The molecular weight excluding hydrogens is 133 g/mol. The van der Waals surface area contributed by atoms with Gasteiger partial charge in [-0.25, -0.2) is 0 Å². The van der Waals surface area contributed by atoms with Gasteiger partial charge in [0.1, 0.15) is 0 Å². The molecule has 4 heteroatoms. The topological polar surface area (TPSA) is 0 Å². The second-order valence-corrected chi connectivity index (χ2v) is 2.68. The van der Waals surface area contributed by atoms with Crippen molar-refractivity contribution in [3.63, 3.8) is 0 Å². The van der Waals surface area contributed by atoms with Gasteiger partial charge in [0.25, 0.3) is 0 Å². The van der Waals surface area contributed by atoms with Crippen molar-refractivity contribution in [3.8, 4) is 0 Å². The Kier molecular flexibility index (Phi) is 3.12. The number of alkyl halides is 3. The van der Waals surface area contributed by atoms with E-state index in [0.717, 1.165) is 0 Å². The van der Waals surface area contributed by atoms with E-state index in [2.05, 4.69) is 0 Å². The Morgan fingerprint density at radius 2 is 1.88 bits per heavy atom. The molecule has 0 aromatic rings. The van der Waals surface area contributed by atoms with Crippen molar-refractivity contribution in [1.29, 1.82) is 0 Å². The van der Waals surface area contributed by atoms with Crippen LogP contribution in [0.15, 0.2) is 0 Å². The molecule has 0 aromatic carbocycles. The molecule has 0 N–H and O–H groups in total. The molecule has 0 fully saturated rings. The quantitative estimate of drug-likeness (QED) is 0.515. The summed E-state index contributed by atoms with van der Waals surface area (Å²) >= 11 is 0. The molecule has 0 unspecified atom stereocenters. The van der Waals surface area contributed by atoms with E-state index in [4.69, 9.17) is 0 Å². The average Bonchev–Trinajstić information content (AvgIpc) is 1.59. The van der Waals surface area contributed by atoms with Crippen LogP contribution < -0.4 is 0 Å². The Morgan fingerprint density at radius 3 is 2.00 bits per heavy atom. The summed E-state index contributed by atoms with van der Waals surface area (Å²) in [6.07, 6.45) is -4.56. The Bertz CT molecular complexity index is 58.8. The lowest BCUT2D eigenvalue weighted by Gasteiger charge is -2.01. The summed E-state index contributed by atoms with van der Waals surface area (Å²) in [5.41, 5.74) is 0. The fourth-order valence-corrected chi connectivity index (χ4v) is 0.800. The molecule has 2 radical (unpaired) electrons. The molecule has 0 saturated carbocycles. The molecule has 8 heavy (non-hydrogen) atoms. The molecule has 0 bridgehead atoms. The van der Waals surface area contributed by atoms with Crippen LogP contribution >= 0.6 is 0 Å². The molecule has 0 spiro atoms. The van der Waals surface area contributed by atoms with Gasteiger partial charge in [-0.2, -0.15) is 13.2 Å². The Morgan fingerprint density at radius 1 is 1.38 bits per heavy atom. The lowest BCUT2D eigenvalue weighted by molar-refractivity contribution is -0.130. The zero-order valence-electron chi connectivity index (χ0n) is 4.55. The van der Waals surface area contributed by atoms with Crippen LogP contribution in [-0.4, -0.2) is 15.7 Å². The second kappa shape index (κ2) is 3.12. The van der Waals surface area contributed by atoms with Crippen LogP contribution in [0.25, 0.3) is 0 Å². The first-order chi connectivity index (χ1) is 3.56. The number of rotatable bonds is 2. The zero-order chi connectivity index (χ0) is 6.62. The Labute approximate surface area is 48.9 Å². The van der Waals surface area contributed by atoms with Crippen molar-refractivity contribution < 1.29 is 13.2 Å². The summed E-state index contributed by atoms with van der Waals surface area (Å²) in [6, 6.07) is 0.281. The molecule has 0 aliphatic heterocycles. The average molecular weight is 140 g/mol. The van der Waals surface area contributed by atoms with Gasteiger partial charge in [-0.1, -0.05) is 12.6 Å². The first-order valence-electron chi connectivity index (χ1n) is 2.27. The van der Waals surface area contributed by atoms with Gasteiger partial charge >= 0.3 is 6.18 Å². The Balaban J connectivity index is 3.11. The third-order valence-corrected chi connectivity index (χ3v) is 1.41. The van der Waals surface area contributed by atoms with Gasteiger partial charge in [0.05, 0.1) is 0 Å². The van der Waals surface area contributed by atoms with E-state index < -0.39 is 12.6 Å². The van der Waals surface area contributed by atoms with Gasteiger partial charge in [0.2, 0.25) is 0 Å². The fraction of sp³-hybridized carbons (Fsp3) is 1.00. The monoisotopic (exact) mass is 140 g/mol. The van der Waals surface area contributed by atoms with Crippen LogP contribution in [0.2, 0.25) is 12.6 Å². The smallest absolute Gasteiger partial charge is 0.171 e. The van der Waals surface area contributed by atoms with E-state index >= 15 is 0 Å². The van der Waals surface area contributed by atoms with E-state index in [1.165, 1.54) is 0 Å². The van der Waals surface area contributed by atoms with Crippen molar-refractivity contribution in [2.75, 3.05) is 0 Å². The van der Waals surface area contributed by atoms with Gasteiger partial charge < -0.3 is 0 Å². The maximum absolute atomic E-state index is 11.2. The number of hydrogen-bond donors (Lipinski definition) is 0. The van der Waals surface area contributed by atoms with Gasteiger partial charge in [-0.3, -0.25) is 0 Å². The molecular formula is C4H7F3Si. The van der Waals surface area contributed by atoms with Crippen molar-refractivity contribution in [3.05, 3.63) is 0 Å². The molecule has 0 saturated heterocycles. The first-order valence-corrected chi connectivity index (χ1v) is 3.98. The summed E-state index contributed by atoms with van der Waals surface area (Å²) in [5.74, 6) is 0. The normalized spacial score (nSPS) is 12.0. The van der Waals surface area contributed by atoms with Crippen molar-refractivity contribution in [2.45, 2.75) is 25.2 Å². The second-order valence-electron chi connectivity index (χ2n) is 1.47. The molecule has 0 atom stereocenters. The van der Waals surface area contributed by atoms with Crippen molar-refractivity contribution >= 4 is 9.52 Å². The molecule has 0 aromatic heterocycles. The fourth-order valence-electron chi connectivity index (χ4n) is 0.267. The maximum Gasteiger partial charge on any atom is 0.388 e. The molecule has 0 rings (SSSR count). The first kappa shape index (κ1) is 8.01. The minimum Gasteiger partial charge on any atom is -0.171 e. The highest BCUT2D eigenvalue weighted by atomic mass is 28.2. The van der Waals surface area contributed by atoms with Crippen LogP contribution in [0.4, 0.5) is 13.2 Å². The summed E-state index contributed by atoms with van der Waals surface area (Å²) in [7, 11) is 0.411. The van der Waals surface area contributed by atoms with E-state index in [1.807, 2.05) is 0 Å². The molecule has 0 aliphatic rings. The van der Waals surface area contributed by atoms with Crippen molar-refractivity contribution in [1.82, 2.24) is 0 Å². The van der Waals surface area contributed by atoms with Crippen molar-refractivity contribution in [2.24, 2.45) is 0 Å². The molecule has 0 aliphatic carbocycles. The summed E-state index contributed by atoms with van der Waals surface area (Å²) < 4.78 is 33.7. The van der Waals surface area contributed by atoms with Crippen LogP contribution in [0, 0.1) is 0 Å². The van der Waals surface area contributed by atoms with Crippen LogP contribution in [-0.2, 0) is 0 Å². The third kappa shape index (κ3) is 6.01. The van der Waals surface area contributed by atoms with Crippen LogP contribution in [0.3, 0.4) is 0 Å². The van der Waals surface area contributed by atoms with Gasteiger partial charge in [-0.15, -0.1) is 0 Å². The van der Waals surface area contributed by atoms with Crippen LogP contribution in [0.1, 0.15) is 6.42 Å². The highest BCUT2D eigenvalue weighted by Crippen LogP contribution is 2.20. The predicted octanol–water partition coefficient (Wildman–Crippen LogP) is 2.11. The largest absolute Gasteiger partial charge is 0.388 e. The van der Waals surface area contributed by atoms with E-state index in [-0.39, 0.29) is 6.04 Å². The van der Waals surface area contributed by atoms with E-state index in [0.29, 0.717) is 9.52 Å². The standard InChI is InChI=1S/C4H7F3Si/c1-8-3-2-4(5,6)7/h2-3H2,1H3. The lowest BCUT2D eigenvalue weighted by Crippen LogP contribution is -2.06. The van der Waals surface area contributed by atoms with E-state index in [9.17, 15) is 13.2 Å². The van der Waals surface area contributed by atoms with Crippen LogP contribution in [0.5, 0.6) is 0 Å². The van der Waals surface area contributed by atoms with E-state index in [1.54, 1.807) is 6.55 Å². The zero-order valence-corrected chi connectivity index (χ0v) is 5.55. The lowest BCUT2D eigenvalue weighted by atomic mass is 10.5. The predicted molar refractivity (Wildman–Crippen MR) is 27.1 cm³/mol. The number of hydrogen-bond acceptors (Lipinski definition) is 0. The summed E-state index contributed by atoms with van der Waals surface area (Å²) in [5, 5.41) is 0. The maximum atomic E-state index is 11.2. The summed E-state index contributed by atoms with van der Waals surface area (Å²) in [4.78, 5) is 0. The minimum atomic E-state index is -3.94. The summed E-state index contributed by atoms with van der Waals surface area (Å²) in [6.45, 7) is 1.77. The SMILES string of the molecule is C[Si]CCC(F)(F)F. The molecule has 0 nitrogen and oxygen atoms in total. The third-order valence-electron chi connectivity index (χ3n) is 0.658. The van der Waals surface area contributed by atoms with Gasteiger partial charge in [0, 0.05) is 15.9 Å². The number of halogens is 3. The Hall–Kier alpha value is 0.00688. The molecule has 0 amide bonds.